The van der Waals surface area contributed by atoms with Gasteiger partial charge < -0.3 is 4.90 Å². The van der Waals surface area contributed by atoms with Crippen LogP contribution >= 0.6 is 22.9 Å². The Morgan fingerprint density at radius 1 is 1.04 bits per heavy atom. The van der Waals surface area contributed by atoms with E-state index in [1.807, 2.05) is 18.2 Å². The van der Waals surface area contributed by atoms with Gasteiger partial charge in [0.2, 0.25) is 0 Å². The molecule has 0 radical (unpaired) electrons. The topological polar surface area (TPSA) is 57.7 Å². The summed E-state index contributed by atoms with van der Waals surface area (Å²) in [6.07, 6.45) is 0. The highest BCUT2D eigenvalue weighted by Gasteiger charge is 2.22. The van der Waals surface area contributed by atoms with Crippen LogP contribution in [0.3, 0.4) is 0 Å². The molecule has 2 aromatic carbocycles. The summed E-state index contributed by atoms with van der Waals surface area (Å²) in [5, 5.41) is 2.34. The van der Waals surface area contributed by atoms with Crippen LogP contribution in [0.1, 0.15) is 15.9 Å². The number of nitrogens with zero attached hydrogens (tertiary/aromatic N) is 2. The number of sulfonamides is 1. The SMILES string of the molecule is CN(Cc1cccc(Cl)c1)C(=O)c1ccc(N(C)S(=O)(=O)c2cccs2)cc1. The number of hydrogen-bond donors (Lipinski definition) is 0. The summed E-state index contributed by atoms with van der Waals surface area (Å²) < 4.78 is 26.7. The fourth-order valence-electron chi connectivity index (χ4n) is 2.70. The molecule has 0 fully saturated rings. The van der Waals surface area contributed by atoms with Crippen LogP contribution < -0.4 is 4.31 Å². The molecule has 1 heterocycles. The first-order valence-electron chi connectivity index (χ1n) is 8.41. The van der Waals surface area contributed by atoms with E-state index in [0.29, 0.717) is 22.8 Å². The summed E-state index contributed by atoms with van der Waals surface area (Å²) in [7, 11) is -0.389. The largest absolute Gasteiger partial charge is 0.337 e. The summed E-state index contributed by atoms with van der Waals surface area (Å²) in [5.41, 5.74) is 1.90. The molecule has 28 heavy (non-hydrogen) atoms. The van der Waals surface area contributed by atoms with Crippen LogP contribution in [-0.4, -0.2) is 33.3 Å². The van der Waals surface area contributed by atoms with E-state index in [-0.39, 0.29) is 10.1 Å². The molecule has 1 aromatic heterocycles. The van der Waals surface area contributed by atoms with Crippen molar-refractivity contribution in [1.29, 1.82) is 0 Å². The van der Waals surface area contributed by atoms with E-state index in [2.05, 4.69) is 0 Å². The Labute approximate surface area is 173 Å². The predicted octanol–water partition coefficient (Wildman–Crippen LogP) is 4.50. The number of benzene rings is 2. The van der Waals surface area contributed by atoms with Crippen molar-refractivity contribution in [3.05, 3.63) is 82.2 Å². The van der Waals surface area contributed by atoms with Gasteiger partial charge in [-0.25, -0.2) is 8.42 Å². The van der Waals surface area contributed by atoms with Gasteiger partial charge in [0.1, 0.15) is 4.21 Å². The van der Waals surface area contributed by atoms with E-state index >= 15 is 0 Å². The van der Waals surface area contributed by atoms with E-state index in [1.165, 1.54) is 22.7 Å². The van der Waals surface area contributed by atoms with Gasteiger partial charge in [-0.1, -0.05) is 29.8 Å². The second-order valence-corrected chi connectivity index (χ2v) is 9.82. The van der Waals surface area contributed by atoms with E-state index in [0.717, 1.165) is 5.56 Å². The van der Waals surface area contributed by atoms with Crippen LogP contribution in [0.4, 0.5) is 5.69 Å². The van der Waals surface area contributed by atoms with Crippen molar-refractivity contribution in [3.8, 4) is 0 Å². The Kier molecular flexibility index (Phi) is 6.07. The number of carbonyl (C=O) groups excluding carboxylic acids is 1. The summed E-state index contributed by atoms with van der Waals surface area (Å²) in [4.78, 5) is 14.3. The highest BCUT2D eigenvalue weighted by atomic mass is 35.5. The monoisotopic (exact) mass is 434 g/mol. The lowest BCUT2D eigenvalue weighted by molar-refractivity contribution is 0.0785. The third kappa shape index (κ3) is 4.38. The molecule has 0 atom stereocenters. The van der Waals surface area contributed by atoms with Gasteiger partial charge in [-0.15, -0.1) is 11.3 Å². The lowest BCUT2D eigenvalue weighted by Crippen LogP contribution is -2.27. The van der Waals surface area contributed by atoms with Crippen LogP contribution in [0.2, 0.25) is 5.02 Å². The Balaban J connectivity index is 1.74. The van der Waals surface area contributed by atoms with Gasteiger partial charge in [-0.2, -0.15) is 0 Å². The molecule has 1 amide bonds. The minimum atomic E-state index is -3.60. The molecule has 0 spiro atoms. The summed E-state index contributed by atoms with van der Waals surface area (Å²) in [6.45, 7) is 0.424. The molecule has 0 aliphatic carbocycles. The predicted molar refractivity (Wildman–Crippen MR) is 114 cm³/mol. The van der Waals surface area contributed by atoms with Crippen molar-refractivity contribution < 1.29 is 13.2 Å². The van der Waals surface area contributed by atoms with Crippen LogP contribution in [0.5, 0.6) is 0 Å². The second kappa shape index (κ2) is 8.34. The molecule has 3 rings (SSSR count). The molecule has 0 aliphatic rings. The highest BCUT2D eigenvalue weighted by Crippen LogP contribution is 2.25. The average molecular weight is 435 g/mol. The minimum Gasteiger partial charge on any atom is -0.337 e. The number of hydrogen-bond acceptors (Lipinski definition) is 4. The molecule has 0 saturated heterocycles. The Morgan fingerprint density at radius 3 is 2.36 bits per heavy atom. The van der Waals surface area contributed by atoms with Gasteiger partial charge in [-0.3, -0.25) is 9.10 Å². The van der Waals surface area contributed by atoms with Crippen molar-refractivity contribution in [2.45, 2.75) is 10.8 Å². The zero-order chi connectivity index (χ0) is 20.3. The van der Waals surface area contributed by atoms with Crippen molar-refractivity contribution >= 4 is 44.6 Å². The number of rotatable bonds is 6. The Hall–Kier alpha value is -2.35. The van der Waals surface area contributed by atoms with Gasteiger partial charge in [0, 0.05) is 31.2 Å². The first-order valence-corrected chi connectivity index (χ1v) is 11.1. The zero-order valence-corrected chi connectivity index (χ0v) is 17.8. The van der Waals surface area contributed by atoms with Crippen molar-refractivity contribution in [3.63, 3.8) is 0 Å². The maximum absolute atomic E-state index is 12.7. The Morgan fingerprint density at radius 2 is 1.75 bits per heavy atom. The highest BCUT2D eigenvalue weighted by molar-refractivity contribution is 7.94. The van der Waals surface area contributed by atoms with Crippen LogP contribution in [-0.2, 0) is 16.6 Å². The fraction of sp³-hybridized carbons (Fsp3) is 0.150. The first-order chi connectivity index (χ1) is 13.3. The quantitative estimate of drug-likeness (QED) is 0.574. The summed E-state index contributed by atoms with van der Waals surface area (Å²) >= 11 is 7.16. The Bertz CT molecular complexity index is 1070. The smallest absolute Gasteiger partial charge is 0.273 e. The minimum absolute atomic E-state index is 0.157. The molecular formula is C20H19ClN2O3S2. The maximum Gasteiger partial charge on any atom is 0.273 e. The second-order valence-electron chi connectivity index (χ2n) is 6.24. The molecule has 8 heteroatoms. The molecule has 3 aromatic rings. The van der Waals surface area contributed by atoms with Gasteiger partial charge in [0.25, 0.3) is 15.9 Å². The van der Waals surface area contributed by atoms with Crippen molar-refractivity contribution in [2.24, 2.45) is 0 Å². The van der Waals surface area contributed by atoms with E-state index in [4.69, 9.17) is 11.6 Å². The van der Waals surface area contributed by atoms with E-state index < -0.39 is 10.0 Å². The number of carbonyl (C=O) groups is 1. The van der Waals surface area contributed by atoms with Crippen molar-refractivity contribution in [1.82, 2.24) is 4.90 Å². The lowest BCUT2D eigenvalue weighted by Gasteiger charge is -2.20. The van der Waals surface area contributed by atoms with E-state index in [9.17, 15) is 13.2 Å². The molecule has 0 N–H and O–H groups in total. The number of thiophene rings is 1. The van der Waals surface area contributed by atoms with Crippen LogP contribution in [0, 0.1) is 0 Å². The molecule has 5 nitrogen and oxygen atoms in total. The number of anilines is 1. The maximum atomic E-state index is 12.7. The van der Waals surface area contributed by atoms with Gasteiger partial charge >= 0.3 is 0 Å². The molecular weight excluding hydrogens is 416 g/mol. The number of amides is 1. The molecule has 0 aliphatic heterocycles. The molecule has 0 unspecified atom stereocenters. The molecule has 0 saturated carbocycles. The van der Waals surface area contributed by atoms with Crippen LogP contribution in [0.15, 0.2) is 70.3 Å². The third-order valence-corrected chi connectivity index (χ3v) is 7.64. The number of halogens is 1. The molecule has 0 bridgehead atoms. The average Bonchev–Trinajstić information content (AvgIpc) is 3.22. The van der Waals surface area contributed by atoms with Gasteiger partial charge in [0.05, 0.1) is 5.69 Å². The van der Waals surface area contributed by atoms with Gasteiger partial charge in [-0.05, 0) is 53.4 Å². The van der Waals surface area contributed by atoms with Crippen LogP contribution in [0.25, 0.3) is 0 Å². The summed E-state index contributed by atoms with van der Waals surface area (Å²) in [6, 6.07) is 17.1. The van der Waals surface area contributed by atoms with E-state index in [1.54, 1.807) is 59.8 Å². The summed E-state index contributed by atoms with van der Waals surface area (Å²) in [5.74, 6) is -0.157. The lowest BCUT2D eigenvalue weighted by atomic mass is 10.1. The first kappa shape index (κ1) is 20.4. The standard InChI is InChI=1S/C20H19ClN2O3S2/c1-22(14-15-5-3-6-17(21)13-15)20(24)16-8-10-18(11-9-16)23(2)28(25,26)19-7-4-12-27-19/h3-13H,14H2,1-2H3. The van der Waals surface area contributed by atoms with Crippen molar-refractivity contribution in [2.75, 3.05) is 18.4 Å². The zero-order valence-electron chi connectivity index (χ0n) is 15.4. The van der Waals surface area contributed by atoms with Gasteiger partial charge in [0.15, 0.2) is 0 Å². The normalized spacial score (nSPS) is 11.2. The third-order valence-electron chi connectivity index (χ3n) is 4.24. The molecule has 146 valence electrons. The fourth-order valence-corrected chi connectivity index (χ4v) is 5.27.